The molecule has 2 aromatic rings. The largest absolute Gasteiger partial charge is 0.347 e. The molecular weight excluding hydrogens is 266 g/mol. The molecule has 0 radical (unpaired) electrons. The summed E-state index contributed by atoms with van der Waals surface area (Å²) in [6.45, 7) is 9.93. The molecule has 0 N–H and O–H groups in total. The number of rotatable bonds is 7. The van der Waals surface area contributed by atoms with Crippen LogP contribution in [0.4, 0.5) is 0 Å². The molecule has 0 saturated heterocycles. The Balaban J connectivity index is 2.11. The molecule has 0 aliphatic rings. The average Bonchev–Trinajstić information content (AvgIpc) is 2.85. The van der Waals surface area contributed by atoms with Crippen molar-refractivity contribution in [3.05, 3.63) is 46.8 Å². The summed E-state index contributed by atoms with van der Waals surface area (Å²) in [6.07, 6.45) is 1.45. The molecule has 0 unspecified atom stereocenters. The fraction of sp³-hybridized carbons (Fsp3) is 0.500. The first-order chi connectivity index (χ1) is 10.1. The summed E-state index contributed by atoms with van der Waals surface area (Å²) in [4.78, 5) is 0. The van der Waals surface area contributed by atoms with E-state index in [-0.39, 0.29) is 0 Å². The first-order valence-electron chi connectivity index (χ1n) is 7.32. The molecule has 114 valence electrons. The van der Waals surface area contributed by atoms with E-state index in [1.54, 1.807) is 0 Å². The van der Waals surface area contributed by atoms with Crippen LogP contribution in [0.25, 0.3) is 0 Å². The van der Waals surface area contributed by atoms with Gasteiger partial charge in [-0.05, 0) is 33.3 Å². The van der Waals surface area contributed by atoms with E-state index in [2.05, 4.69) is 42.4 Å². The van der Waals surface area contributed by atoms with Crippen LogP contribution in [0.1, 0.15) is 42.5 Å². The van der Waals surface area contributed by atoms with Gasteiger partial charge in [0.2, 0.25) is 6.29 Å². The third-order valence-corrected chi connectivity index (χ3v) is 3.06. The van der Waals surface area contributed by atoms with Gasteiger partial charge in [-0.3, -0.25) is 0 Å². The number of hydrogen-bond acceptors (Lipinski definition) is 4. The monoisotopic (exact) mass is 289 g/mol. The number of aromatic nitrogens is 3. The van der Waals surface area contributed by atoms with Gasteiger partial charge in [0.15, 0.2) is 0 Å². The fourth-order valence-corrected chi connectivity index (χ4v) is 2.37. The molecule has 2 rings (SSSR count). The van der Waals surface area contributed by atoms with Crippen molar-refractivity contribution < 1.29 is 9.47 Å². The normalized spacial score (nSPS) is 11.3. The van der Waals surface area contributed by atoms with Gasteiger partial charge in [-0.25, -0.2) is 4.68 Å². The van der Waals surface area contributed by atoms with Crippen LogP contribution in [0.5, 0.6) is 0 Å². The molecule has 21 heavy (non-hydrogen) atoms. The molecule has 0 atom stereocenters. The number of hydrogen-bond donors (Lipinski definition) is 0. The van der Waals surface area contributed by atoms with Gasteiger partial charge < -0.3 is 9.47 Å². The van der Waals surface area contributed by atoms with E-state index in [4.69, 9.17) is 9.47 Å². The van der Waals surface area contributed by atoms with Gasteiger partial charge in [0.1, 0.15) is 5.69 Å². The maximum Gasteiger partial charge on any atom is 0.204 e. The second-order valence-electron chi connectivity index (χ2n) is 5.08. The van der Waals surface area contributed by atoms with E-state index in [0.717, 1.165) is 0 Å². The SMILES string of the molecule is CCOC(OCC)c1cn(Cc2cc(C)cc(C)c2)nn1. The maximum atomic E-state index is 5.53. The molecule has 0 fully saturated rings. The molecule has 0 spiro atoms. The molecule has 1 aromatic heterocycles. The second-order valence-corrected chi connectivity index (χ2v) is 5.08. The van der Waals surface area contributed by atoms with Crippen molar-refractivity contribution in [2.75, 3.05) is 13.2 Å². The van der Waals surface area contributed by atoms with Crippen molar-refractivity contribution in [2.24, 2.45) is 0 Å². The van der Waals surface area contributed by atoms with Crippen molar-refractivity contribution in [3.8, 4) is 0 Å². The minimum absolute atomic E-state index is 0.437. The first kappa shape index (κ1) is 15.7. The van der Waals surface area contributed by atoms with Crippen LogP contribution in [-0.4, -0.2) is 28.2 Å². The third kappa shape index (κ3) is 4.37. The molecule has 0 bridgehead atoms. The molecule has 1 aromatic carbocycles. The highest BCUT2D eigenvalue weighted by Gasteiger charge is 2.15. The van der Waals surface area contributed by atoms with Crippen LogP contribution in [0.15, 0.2) is 24.4 Å². The molecule has 0 aliphatic carbocycles. The first-order valence-corrected chi connectivity index (χ1v) is 7.32. The Morgan fingerprint density at radius 1 is 1.05 bits per heavy atom. The Bertz CT molecular complexity index is 554. The van der Waals surface area contributed by atoms with E-state index in [9.17, 15) is 0 Å². The third-order valence-electron chi connectivity index (χ3n) is 3.06. The molecule has 1 heterocycles. The molecule has 5 heteroatoms. The standard InChI is InChI=1S/C16H23N3O2/c1-5-20-16(21-6-2)15-11-19(18-17-15)10-14-8-12(3)7-13(4)9-14/h7-9,11,16H,5-6,10H2,1-4H3. The maximum absolute atomic E-state index is 5.53. The van der Waals surface area contributed by atoms with Crippen molar-refractivity contribution in [1.29, 1.82) is 0 Å². The summed E-state index contributed by atoms with van der Waals surface area (Å²) in [5, 5.41) is 8.32. The Kier molecular flexibility index (Phi) is 5.47. The highest BCUT2D eigenvalue weighted by atomic mass is 16.7. The zero-order chi connectivity index (χ0) is 15.2. The quantitative estimate of drug-likeness (QED) is 0.735. The number of aryl methyl sites for hydroxylation is 2. The van der Waals surface area contributed by atoms with E-state index in [1.165, 1.54) is 16.7 Å². The van der Waals surface area contributed by atoms with E-state index in [1.807, 2.05) is 24.7 Å². The Labute approximate surface area is 125 Å². The van der Waals surface area contributed by atoms with Gasteiger partial charge >= 0.3 is 0 Å². The van der Waals surface area contributed by atoms with Crippen LogP contribution in [0.2, 0.25) is 0 Å². The van der Waals surface area contributed by atoms with Gasteiger partial charge in [-0.15, -0.1) is 5.10 Å². The summed E-state index contributed by atoms with van der Waals surface area (Å²) < 4.78 is 12.9. The summed E-state index contributed by atoms with van der Waals surface area (Å²) in [6, 6.07) is 6.49. The number of nitrogens with zero attached hydrogens (tertiary/aromatic N) is 3. The molecule has 5 nitrogen and oxygen atoms in total. The molecule has 0 saturated carbocycles. The summed E-state index contributed by atoms with van der Waals surface area (Å²) in [5.74, 6) is 0. The molecule has 0 aliphatic heterocycles. The zero-order valence-corrected chi connectivity index (χ0v) is 13.2. The van der Waals surface area contributed by atoms with Gasteiger partial charge in [0.25, 0.3) is 0 Å². The lowest BCUT2D eigenvalue weighted by atomic mass is 10.1. The van der Waals surface area contributed by atoms with Crippen molar-refractivity contribution in [2.45, 2.75) is 40.5 Å². The van der Waals surface area contributed by atoms with Crippen LogP contribution in [0.3, 0.4) is 0 Å². The highest BCUT2D eigenvalue weighted by molar-refractivity contribution is 5.28. The minimum atomic E-state index is -0.437. The topological polar surface area (TPSA) is 49.2 Å². The van der Waals surface area contributed by atoms with Crippen LogP contribution < -0.4 is 0 Å². The molecular formula is C16H23N3O2. The van der Waals surface area contributed by atoms with Crippen LogP contribution in [0, 0.1) is 13.8 Å². The van der Waals surface area contributed by atoms with Gasteiger partial charge in [-0.1, -0.05) is 34.5 Å². The highest BCUT2D eigenvalue weighted by Crippen LogP contribution is 2.17. The van der Waals surface area contributed by atoms with Crippen molar-refractivity contribution >= 4 is 0 Å². The average molecular weight is 289 g/mol. The van der Waals surface area contributed by atoms with Gasteiger partial charge in [-0.2, -0.15) is 0 Å². The lowest BCUT2D eigenvalue weighted by molar-refractivity contribution is -0.142. The molecule has 0 amide bonds. The van der Waals surface area contributed by atoms with E-state index < -0.39 is 6.29 Å². The Hall–Kier alpha value is -1.72. The van der Waals surface area contributed by atoms with E-state index >= 15 is 0 Å². The zero-order valence-electron chi connectivity index (χ0n) is 13.2. The van der Waals surface area contributed by atoms with Crippen molar-refractivity contribution in [1.82, 2.24) is 15.0 Å². The summed E-state index contributed by atoms with van der Waals surface area (Å²) >= 11 is 0. The van der Waals surface area contributed by atoms with Crippen molar-refractivity contribution in [3.63, 3.8) is 0 Å². The Morgan fingerprint density at radius 2 is 1.67 bits per heavy atom. The number of benzene rings is 1. The van der Waals surface area contributed by atoms with Crippen LogP contribution in [-0.2, 0) is 16.0 Å². The van der Waals surface area contributed by atoms with Gasteiger partial charge in [0, 0.05) is 13.2 Å². The predicted molar refractivity (Wildman–Crippen MR) is 81.0 cm³/mol. The van der Waals surface area contributed by atoms with E-state index in [0.29, 0.717) is 25.5 Å². The summed E-state index contributed by atoms with van der Waals surface area (Å²) in [5.41, 5.74) is 4.44. The van der Waals surface area contributed by atoms with Crippen LogP contribution >= 0.6 is 0 Å². The summed E-state index contributed by atoms with van der Waals surface area (Å²) in [7, 11) is 0. The minimum Gasteiger partial charge on any atom is -0.347 e. The fourth-order valence-electron chi connectivity index (χ4n) is 2.37. The Morgan fingerprint density at radius 3 is 2.24 bits per heavy atom. The lowest BCUT2D eigenvalue weighted by Gasteiger charge is -2.13. The number of ether oxygens (including phenoxy) is 2. The smallest absolute Gasteiger partial charge is 0.204 e. The predicted octanol–water partition coefficient (Wildman–Crippen LogP) is 3.01. The van der Waals surface area contributed by atoms with Gasteiger partial charge in [0.05, 0.1) is 12.7 Å². The lowest BCUT2D eigenvalue weighted by Crippen LogP contribution is -2.09. The second kappa shape index (κ2) is 7.33.